The summed E-state index contributed by atoms with van der Waals surface area (Å²) in [7, 11) is 0. The smallest absolute Gasteiger partial charge is 0.341 e. The maximum atomic E-state index is 13.5. The highest BCUT2D eigenvalue weighted by atomic mass is 19.1. The molecule has 29 heavy (non-hydrogen) atoms. The molecule has 2 aromatic heterocycles. The minimum Gasteiger partial charge on any atom is -0.477 e. The van der Waals surface area contributed by atoms with Crippen molar-refractivity contribution in [1.82, 2.24) is 9.30 Å². The molecular formula is C22H20F2N2O3. The molecule has 1 N–H and O–H groups in total. The molecule has 0 aliphatic carbocycles. The van der Waals surface area contributed by atoms with Crippen LogP contribution in [0.4, 0.5) is 8.78 Å². The number of carboxylic acid groups (broad SMARTS) is 1. The summed E-state index contributed by atoms with van der Waals surface area (Å²) in [6.07, 6.45) is 3.07. The van der Waals surface area contributed by atoms with Crippen LogP contribution < -0.4 is 5.56 Å². The molecule has 1 aliphatic rings. The van der Waals surface area contributed by atoms with Crippen molar-refractivity contribution in [2.24, 2.45) is 0 Å². The number of rotatable bonds is 4. The number of aromatic nitrogens is 1. The van der Waals surface area contributed by atoms with Crippen molar-refractivity contribution < 1.29 is 18.7 Å². The number of halogens is 2. The van der Waals surface area contributed by atoms with Gasteiger partial charge < -0.3 is 5.11 Å². The molecular weight excluding hydrogens is 378 g/mol. The number of fused-ring (bicyclic) bond motifs is 1. The van der Waals surface area contributed by atoms with Crippen LogP contribution >= 0.6 is 0 Å². The van der Waals surface area contributed by atoms with Crippen LogP contribution in [0.5, 0.6) is 0 Å². The highest BCUT2D eigenvalue weighted by molar-refractivity contribution is 5.88. The van der Waals surface area contributed by atoms with Gasteiger partial charge in [-0.3, -0.25) is 14.1 Å². The molecule has 1 aromatic carbocycles. The summed E-state index contributed by atoms with van der Waals surface area (Å²) >= 11 is 0. The first kappa shape index (κ1) is 19.3. The minimum atomic E-state index is -1.25. The van der Waals surface area contributed by atoms with Crippen LogP contribution in [-0.4, -0.2) is 33.5 Å². The lowest BCUT2D eigenvalue weighted by Gasteiger charge is -2.32. The quantitative estimate of drug-likeness (QED) is 0.729. The van der Waals surface area contributed by atoms with Gasteiger partial charge in [-0.1, -0.05) is 6.07 Å². The van der Waals surface area contributed by atoms with Gasteiger partial charge >= 0.3 is 5.97 Å². The van der Waals surface area contributed by atoms with Gasteiger partial charge in [0.1, 0.15) is 17.2 Å². The van der Waals surface area contributed by atoms with E-state index in [0.717, 1.165) is 24.5 Å². The molecule has 0 unspecified atom stereocenters. The van der Waals surface area contributed by atoms with Crippen LogP contribution in [0.1, 0.15) is 40.2 Å². The Bertz CT molecular complexity index is 1110. The molecule has 5 nitrogen and oxygen atoms in total. The Morgan fingerprint density at radius 3 is 2.41 bits per heavy atom. The second-order valence-electron chi connectivity index (χ2n) is 7.40. The van der Waals surface area contributed by atoms with E-state index in [0.29, 0.717) is 30.7 Å². The number of hydrogen-bond donors (Lipinski definition) is 1. The highest BCUT2D eigenvalue weighted by Crippen LogP contribution is 2.30. The van der Waals surface area contributed by atoms with Gasteiger partial charge in [0.05, 0.1) is 5.52 Å². The zero-order valence-electron chi connectivity index (χ0n) is 15.6. The molecule has 0 spiro atoms. The summed E-state index contributed by atoms with van der Waals surface area (Å²) in [5, 5.41) is 9.37. The third-order valence-corrected chi connectivity index (χ3v) is 5.52. The highest BCUT2D eigenvalue weighted by Gasteiger charge is 2.23. The summed E-state index contributed by atoms with van der Waals surface area (Å²) in [6, 6.07) is 10.4. The van der Waals surface area contributed by atoms with Crippen LogP contribution in [0.3, 0.4) is 0 Å². The monoisotopic (exact) mass is 398 g/mol. The van der Waals surface area contributed by atoms with Gasteiger partial charge in [-0.15, -0.1) is 0 Å². The van der Waals surface area contributed by atoms with Crippen molar-refractivity contribution in [3.63, 3.8) is 0 Å². The number of likely N-dealkylation sites (tertiary alicyclic amines) is 1. The van der Waals surface area contributed by atoms with Crippen LogP contribution in [0.2, 0.25) is 0 Å². The normalized spacial score (nSPS) is 15.7. The SMILES string of the molecule is O=C(O)c1cc(CN2CCC(c3cc(F)cc(F)c3)CC2)c2ccccn2c1=O. The number of aromatic carboxylic acids is 1. The van der Waals surface area contributed by atoms with Gasteiger partial charge in [0, 0.05) is 18.8 Å². The lowest BCUT2D eigenvalue weighted by atomic mass is 9.89. The van der Waals surface area contributed by atoms with Gasteiger partial charge in [-0.2, -0.15) is 0 Å². The Hall–Kier alpha value is -3.06. The average Bonchev–Trinajstić information content (AvgIpc) is 2.70. The lowest BCUT2D eigenvalue weighted by Crippen LogP contribution is -2.33. The summed E-state index contributed by atoms with van der Waals surface area (Å²) in [6.45, 7) is 1.92. The predicted molar refractivity (Wildman–Crippen MR) is 104 cm³/mol. The molecule has 1 saturated heterocycles. The van der Waals surface area contributed by atoms with Crippen LogP contribution in [-0.2, 0) is 6.54 Å². The van der Waals surface area contributed by atoms with Gasteiger partial charge in [-0.25, -0.2) is 13.6 Å². The fraction of sp³-hybridized carbons (Fsp3) is 0.273. The van der Waals surface area contributed by atoms with Crippen LogP contribution in [0, 0.1) is 11.6 Å². The van der Waals surface area contributed by atoms with E-state index in [4.69, 9.17) is 0 Å². The fourth-order valence-corrected chi connectivity index (χ4v) is 4.08. The Morgan fingerprint density at radius 2 is 1.76 bits per heavy atom. The topological polar surface area (TPSA) is 62.0 Å². The first-order valence-corrected chi connectivity index (χ1v) is 9.47. The van der Waals surface area contributed by atoms with E-state index < -0.39 is 23.2 Å². The molecule has 3 aromatic rings. The zero-order valence-corrected chi connectivity index (χ0v) is 15.6. The summed E-state index contributed by atoms with van der Waals surface area (Å²) in [4.78, 5) is 26.0. The van der Waals surface area contributed by atoms with Gasteiger partial charge in [0.2, 0.25) is 0 Å². The first-order chi connectivity index (χ1) is 13.9. The number of piperidine rings is 1. The van der Waals surface area contributed by atoms with Gasteiger partial charge in [0.15, 0.2) is 0 Å². The van der Waals surface area contributed by atoms with Crippen molar-refractivity contribution >= 4 is 11.5 Å². The van der Waals surface area contributed by atoms with E-state index in [2.05, 4.69) is 4.90 Å². The average molecular weight is 398 g/mol. The Balaban J connectivity index is 1.55. The van der Waals surface area contributed by atoms with E-state index in [1.54, 1.807) is 18.3 Å². The molecule has 4 rings (SSSR count). The van der Waals surface area contributed by atoms with Crippen LogP contribution in [0.15, 0.2) is 53.5 Å². The lowest BCUT2D eigenvalue weighted by molar-refractivity contribution is 0.0694. The maximum absolute atomic E-state index is 13.5. The Labute approximate surface area is 165 Å². The van der Waals surface area contributed by atoms with Crippen molar-refractivity contribution in [1.29, 1.82) is 0 Å². The van der Waals surface area contributed by atoms with Gasteiger partial charge in [0.25, 0.3) is 5.56 Å². The maximum Gasteiger partial charge on any atom is 0.341 e. The van der Waals surface area contributed by atoms with E-state index >= 15 is 0 Å². The fourth-order valence-electron chi connectivity index (χ4n) is 4.08. The molecule has 0 atom stereocenters. The number of benzene rings is 1. The molecule has 0 amide bonds. The number of hydrogen-bond acceptors (Lipinski definition) is 3. The van der Waals surface area contributed by atoms with E-state index in [-0.39, 0.29) is 11.5 Å². The third-order valence-electron chi connectivity index (χ3n) is 5.52. The second-order valence-corrected chi connectivity index (χ2v) is 7.40. The molecule has 3 heterocycles. The largest absolute Gasteiger partial charge is 0.477 e. The summed E-state index contributed by atoms with van der Waals surface area (Å²) < 4.78 is 28.4. The molecule has 7 heteroatoms. The molecule has 150 valence electrons. The second kappa shape index (κ2) is 7.75. The number of pyridine rings is 2. The number of carboxylic acids is 1. The standard InChI is InChI=1S/C22H20F2N2O3/c23-17-9-15(10-18(24)12-17)14-4-7-25(8-5-14)13-16-11-19(22(28)29)21(27)26-6-2-1-3-20(16)26/h1-3,6,9-12,14H,4-5,7-8,13H2,(H,28,29). The molecule has 0 radical (unpaired) electrons. The minimum absolute atomic E-state index is 0.0844. The summed E-state index contributed by atoms with van der Waals surface area (Å²) in [5.41, 5.74) is 1.30. The van der Waals surface area contributed by atoms with E-state index in [1.807, 2.05) is 6.07 Å². The Kier molecular flexibility index (Phi) is 5.15. The number of carbonyl (C=O) groups is 1. The van der Waals surface area contributed by atoms with Crippen molar-refractivity contribution in [3.05, 3.63) is 87.3 Å². The van der Waals surface area contributed by atoms with Crippen molar-refractivity contribution in [3.8, 4) is 0 Å². The zero-order chi connectivity index (χ0) is 20.5. The van der Waals surface area contributed by atoms with Crippen LogP contribution in [0.25, 0.3) is 5.52 Å². The van der Waals surface area contributed by atoms with Crippen molar-refractivity contribution in [2.45, 2.75) is 25.3 Å². The van der Waals surface area contributed by atoms with E-state index in [9.17, 15) is 23.5 Å². The molecule has 1 fully saturated rings. The Morgan fingerprint density at radius 1 is 1.07 bits per heavy atom. The number of nitrogens with zero attached hydrogens (tertiary/aromatic N) is 2. The van der Waals surface area contributed by atoms with Crippen molar-refractivity contribution in [2.75, 3.05) is 13.1 Å². The summed E-state index contributed by atoms with van der Waals surface area (Å²) in [5.74, 6) is -2.29. The molecule has 1 aliphatic heterocycles. The molecule has 0 saturated carbocycles. The van der Waals surface area contributed by atoms with E-state index in [1.165, 1.54) is 22.6 Å². The first-order valence-electron chi connectivity index (χ1n) is 9.47. The third kappa shape index (κ3) is 3.91. The van der Waals surface area contributed by atoms with Gasteiger partial charge in [-0.05, 0) is 73.3 Å². The molecule has 0 bridgehead atoms. The predicted octanol–water partition coefficient (Wildman–Crippen LogP) is 3.66.